The number of carbonyl (C=O) groups excluding carboxylic acids is 1. The number of nitrogens with one attached hydrogen (secondary N) is 1. The number of hydrogen-bond acceptors (Lipinski definition) is 1. The van der Waals surface area contributed by atoms with Gasteiger partial charge in [-0.05, 0) is 36.8 Å². The van der Waals surface area contributed by atoms with E-state index in [0.29, 0.717) is 5.92 Å². The first kappa shape index (κ1) is 13.2. The first-order chi connectivity index (χ1) is 9.45. The van der Waals surface area contributed by atoms with Crippen LogP contribution in [0.2, 0.25) is 0 Å². The monoisotopic (exact) mass is 281 g/mol. The molecule has 0 aliphatic heterocycles. The molecule has 1 amide bonds. The van der Waals surface area contributed by atoms with Crippen molar-refractivity contribution in [3.8, 4) is 0 Å². The lowest BCUT2D eigenvalue weighted by Crippen LogP contribution is -2.38. The highest BCUT2D eigenvalue weighted by Crippen LogP contribution is 2.39. The van der Waals surface area contributed by atoms with Crippen molar-refractivity contribution >= 4 is 5.91 Å². The number of amides is 1. The zero-order valence-electron chi connectivity index (χ0n) is 10.7. The maximum Gasteiger partial charge on any atom is 0.417 e. The van der Waals surface area contributed by atoms with Crippen LogP contribution < -0.4 is 5.32 Å². The van der Waals surface area contributed by atoms with Crippen molar-refractivity contribution in [2.24, 2.45) is 11.8 Å². The molecule has 1 saturated carbocycles. The maximum absolute atomic E-state index is 12.9. The van der Waals surface area contributed by atoms with Gasteiger partial charge >= 0.3 is 6.18 Å². The van der Waals surface area contributed by atoms with Crippen LogP contribution in [0.3, 0.4) is 0 Å². The average molecular weight is 281 g/mol. The van der Waals surface area contributed by atoms with Crippen LogP contribution >= 0.6 is 0 Å². The maximum atomic E-state index is 12.9. The molecule has 0 aromatic heterocycles. The quantitative estimate of drug-likeness (QED) is 0.827. The molecule has 2 aliphatic rings. The van der Waals surface area contributed by atoms with Gasteiger partial charge in [-0.15, -0.1) is 0 Å². The van der Waals surface area contributed by atoms with Gasteiger partial charge in [0.05, 0.1) is 11.1 Å². The molecule has 20 heavy (non-hydrogen) atoms. The number of allylic oxidation sites excluding steroid dienone is 1. The first-order valence-corrected chi connectivity index (χ1v) is 6.60. The third-order valence-corrected chi connectivity index (χ3v) is 4.07. The van der Waals surface area contributed by atoms with Gasteiger partial charge in [-0.2, -0.15) is 13.2 Å². The van der Waals surface area contributed by atoms with E-state index in [-0.39, 0.29) is 17.5 Å². The van der Waals surface area contributed by atoms with Crippen LogP contribution in [0.4, 0.5) is 13.2 Å². The molecule has 1 aromatic carbocycles. The predicted octanol–water partition coefficient (Wildman–Crippen LogP) is 3.40. The number of hydrogen-bond donors (Lipinski definition) is 1. The summed E-state index contributed by atoms with van der Waals surface area (Å²) in [6, 6.07) is 4.86. The van der Waals surface area contributed by atoms with Crippen molar-refractivity contribution < 1.29 is 18.0 Å². The molecule has 106 valence electrons. The Labute approximate surface area is 114 Å². The molecule has 0 heterocycles. The summed E-state index contributed by atoms with van der Waals surface area (Å²) in [6.07, 6.45) is 1.47. The summed E-state index contributed by atoms with van der Waals surface area (Å²) >= 11 is 0. The molecule has 5 heteroatoms. The van der Waals surface area contributed by atoms with Crippen LogP contribution in [0, 0.1) is 11.8 Å². The molecule has 2 bridgehead atoms. The summed E-state index contributed by atoms with van der Waals surface area (Å²) in [5.74, 6) is 0.0917. The summed E-state index contributed by atoms with van der Waals surface area (Å²) in [6.45, 7) is 0. The molecule has 2 aliphatic carbocycles. The van der Waals surface area contributed by atoms with E-state index in [4.69, 9.17) is 0 Å². The standard InChI is InChI=1S/C15H14F3NO/c16-15(17,18)12-4-2-1-3-11(12)14(20)19-13-8-9-5-6-10(13)7-9/h1-6,9-10,13H,7-8H2,(H,19,20). The van der Waals surface area contributed by atoms with E-state index in [0.717, 1.165) is 18.9 Å². The SMILES string of the molecule is O=C(NC1CC2C=CC1C2)c1ccccc1C(F)(F)F. The van der Waals surface area contributed by atoms with E-state index in [9.17, 15) is 18.0 Å². The number of fused-ring (bicyclic) bond motifs is 2. The van der Waals surface area contributed by atoms with Crippen LogP contribution in [-0.4, -0.2) is 11.9 Å². The molecular weight excluding hydrogens is 267 g/mol. The lowest BCUT2D eigenvalue weighted by molar-refractivity contribution is -0.137. The van der Waals surface area contributed by atoms with E-state index in [1.807, 2.05) is 0 Å². The second-order valence-electron chi connectivity index (χ2n) is 5.40. The smallest absolute Gasteiger partial charge is 0.349 e. The minimum atomic E-state index is -4.51. The number of rotatable bonds is 2. The van der Waals surface area contributed by atoms with Crippen molar-refractivity contribution in [1.82, 2.24) is 5.32 Å². The third-order valence-electron chi connectivity index (χ3n) is 4.07. The van der Waals surface area contributed by atoms with E-state index in [1.54, 1.807) is 0 Å². The molecular formula is C15H14F3NO. The van der Waals surface area contributed by atoms with Crippen molar-refractivity contribution in [3.05, 3.63) is 47.5 Å². The minimum Gasteiger partial charge on any atom is -0.349 e. The highest BCUT2D eigenvalue weighted by atomic mass is 19.4. The van der Waals surface area contributed by atoms with Crippen LogP contribution in [-0.2, 0) is 6.18 Å². The fourth-order valence-electron chi connectivity index (χ4n) is 3.12. The molecule has 1 fully saturated rings. The Morgan fingerprint density at radius 1 is 1.15 bits per heavy atom. The van der Waals surface area contributed by atoms with E-state index >= 15 is 0 Å². The second-order valence-corrected chi connectivity index (χ2v) is 5.40. The summed E-state index contributed by atoms with van der Waals surface area (Å²) in [7, 11) is 0. The molecule has 1 aromatic rings. The van der Waals surface area contributed by atoms with Gasteiger partial charge in [-0.1, -0.05) is 24.3 Å². The third kappa shape index (κ3) is 2.32. The summed E-state index contributed by atoms with van der Waals surface area (Å²) in [4.78, 5) is 12.1. The Balaban J connectivity index is 1.80. The Morgan fingerprint density at radius 3 is 2.50 bits per heavy atom. The Hall–Kier alpha value is -1.78. The van der Waals surface area contributed by atoms with Crippen LogP contribution in [0.1, 0.15) is 28.8 Å². The number of halogens is 3. The fraction of sp³-hybridized carbons (Fsp3) is 0.400. The van der Waals surface area contributed by atoms with E-state index < -0.39 is 17.6 Å². The normalized spacial score (nSPS) is 27.9. The van der Waals surface area contributed by atoms with Crippen LogP contribution in [0.5, 0.6) is 0 Å². The summed E-state index contributed by atoms with van der Waals surface area (Å²) in [5.41, 5.74) is -1.18. The Morgan fingerprint density at radius 2 is 1.90 bits per heavy atom. The van der Waals surface area contributed by atoms with Crippen molar-refractivity contribution in [2.75, 3.05) is 0 Å². The van der Waals surface area contributed by atoms with Gasteiger partial charge < -0.3 is 5.32 Å². The fourth-order valence-corrected chi connectivity index (χ4v) is 3.12. The van der Waals surface area contributed by atoms with Crippen LogP contribution in [0.25, 0.3) is 0 Å². The topological polar surface area (TPSA) is 29.1 Å². The largest absolute Gasteiger partial charge is 0.417 e. The number of carbonyl (C=O) groups is 1. The zero-order valence-corrected chi connectivity index (χ0v) is 10.7. The highest BCUT2D eigenvalue weighted by molar-refractivity contribution is 5.96. The van der Waals surface area contributed by atoms with E-state index in [1.165, 1.54) is 18.2 Å². The van der Waals surface area contributed by atoms with Crippen molar-refractivity contribution in [1.29, 1.82) is 0 Å². The first-order valence-electron chi connectivity index (χ1n) is 6.60. The zero-order chi connectivity index (χ0) is 14.3. The summed E-state index contributed by atoms with van der Waals surface area (Å²) in [5, 5.41) is 2.75. The molecule has 3 atom stereocenters. The second kappa shape index (κ2) is 4.65. The van der Waals surface area contributed by atoms with Gasteiger partial charge in [0, 0.05) is 6.04 Å². The molecule has 3 rings (SSSR count). The van der Waals surface area contributed by atoms with Gasteiger partial charge in [0.2, 0.25) is 0 Å². The van der Waals surface area contributed by atoms with E-state index in [2.05, 4.69) is 17.5 Å². The van der Waals surface area contributed by atoms with Gasteiger partial charge in [0.1, 0.15) is 0 Å². The van der Waals surface area contributed by atoms with Gasteiger partial charge in [0.25, 0.3) is 5.91 Å². The molecule has 1 N–H and O–H groups in total. The van der Waals surface area contributed by atoms with Crippen molar-refractivity contribution in [3.63, 3.8) is 0 Å². The molecule has 0 saturated heterocycles. The Bertz CT molecular complexity index is 564. The molecule has 0 radical (unpaired) electrons. The predicted molar refractivity (Wildman–Crippen MR) is 68.1 cm³/mol. The highest BCUT2D eigenvalue weighted by Gasteiger charge is 2.38. The lowest BCUT2D eigenvalue weighted by atomic mass is 10.00. The average Bonchev–Trinajstić information content (AvgIpc) is 3.00. The Kier molecular flexibility index (Phi) is 3.07. The number of alkyl halides is 3. The minimum absolute atomic E-state index is 0.0428. The number of benzene rings is 1. The van der Waals surface area contributed by atoms with Crippen LogP contribution in [0.15, 0.2) is 36.4 Å². The van der Waals surface area contributed by atoms with Gasteiger partial charge in [0.15, 0.2) is 0 Å². The lowest BCUT2D eigenvalue weighted by Gasteiger charge is -2.21. The van der Waals surface area contributed by atoms with Gasteiger partial charge in [-0.3, -0.25) is 4.79 Å². The molecule has 3 unspecified atom stereocenters. The van der Waals surface area contributed by atoms with Gasteiger partial charge in [-0.25, -0.2) is 0 Å². The molecule has 2 nitrogen and oxygen atoms in total. The molecule has 0 spiro atoms. The summed E-state index contributed by atoms with van der Waals surface area (Å²) < 4.78 is 38.6. The van der Waals surface area contributed by atoms with Crippen molar-refractivity contribution in [2.45, 2.75) is 25.1 Å².